The lowest BCUT2D eigenvalue weighted by Crippen LogP contribution is -2.32. The van der Waals surface area contributed by atoms with Crippen molar-refractivity contribution in [2.75, 3.05) is 34.3 Å². The van der Waals surface area contributed by atoms with Gasteiger partial charge in [-0.15, -0.1) is 0 Å². The van der Waals surface area contributed by atoms with Crippen LogP contribution in [0.15, 0.2) is 54.1 Å². The first kappa shape index (κ1) is 21.6. The molecule has 1 atom stereocenters. The maximum absolute atomic E-state index is 13.0. The number of rotatable bonds is 7. The van der Waals surface area contributed by atoms with Gasteiger partial charge in [0.1, 0.15) is 11.5 Å². The molecule has 0 unspecified atom stereocenters. The lowest BCUT2D eigenvalue weighted by Gasteiger charge is -2.26. The number of hydrogen-bond donors (Lipinski definition) is 1. The summed E-state index contributed by atoms with van der Waals surface area (Å²) in [6, 6.07) is 14.0. The lowest BCUT2D eigenvalue weighted by atomic mass is 9.95. The minimum Gasteiger partial charge on any atom is -0.507 e. The van der Waals surface area contributed by atoms with Gasteiger partial charge in [0.15, 0.2) is 0 Å². The van der Waals surface area contributed by atoms with Crippen LogP contribution in [0.4, 0.5) is 0 Å². The van der Waals surface area contributed by atoms with Crippen LogP contribution < -0.4 is 4.74 Å². The monoisotopic (exact) mass is 408 g/mol. The first-order valence-corrected chi connectivity index (χ1v) is 9.98. The van der Waals surface area contributed by atoms with E-state index in [2.05, 4.69) is 0 Å². The molecular formula is C24H28N2O4. The van der Waals surface area contributed by atoms with Gasteiger partial charge in [-0.3, -0.25) is 9.59 Å². The minimum atomic E-state index is -0.653. The Morgan fingerprint density at radius 1 is 1.13 bits per heavy atom. The second kappa shape index (κ2) is 9.13. The van der Waals surface area contributed by atoms with E-state index < -0.39 is 17.7 Å². The molecule has 158 valence electrons. The van der Waals surface area contributed by atoms with Gasteiger partial charge < -0.3 is 19.6 Å². The highest BCUT2D eigenvalue weighted by atomic mass is 16.5. The zero-order valence-corrected chi connectivity index (χ0v) is 17.9. The van der Waals surface area contributed by atoms with Gasteiger partial charge in [-0.2, -0.15) is 0 Å². The highest BCUT2D eigenvalue weighted by Crippen LogP contribution is 2.39. The molecule has 3 rings (SSSR count). The first-order chi connectivity index (χ1) is 14.3. The average molecular weight is 408 g/mol. The number of ether oxygens (including phenoxy) is 1. The molecule has 30 heavy (non-hydrogen) atoms. The molecule has 1 aliphatic heterocycles. The van der Waals surface area contributed by atoms with Gasteiger partial charge in [-0.1, -0.05) is 30.3 Å². The van der Waals surface area contributed by atoms with Crippen LogP contribution in [0, 0.1) is 6.92 Å². The molecule has 0 radical (unpaired) electrons. The van der Waals surface area contributed by atoms with E-state index in [-0.39, 0.29) is 11.3 Å². The maximum Gasteiger partial charge on any atom is 0.295 e. The molecule has 6 heteroatoms. The maximum atomic E-state index is 13.0. The van der Waals surface area contributed by atoms with E-state index in [4.69, 9.17) is 4.74 Å². The fourth-order valence-electron chi connectivity index (χ4n) is 3.83. The Kier molecular flexibility index (Phi) is 6.57. The third-order valence-electron chi connectivity index (χ3n) is 5.33. The van der Waals surface area contributed by atoms with Crippen molar-refractivity contribution in [2.45, 2.75) is 19.4 Å². The van der Waals surface area contributed by atoms with E-state index in [1.54, 1.807) is 30.2 Å². The number of likely N-dealkylation sites (tertiary alicyclic amines) is 1. The van der Waals surface area contributed by atoms with Crippen LogP contribution in [0.1, 0.15) is 29.2 Å². The number of hydrogen-bond acceptors (Lipinski definition) is 5. The number of nitrogens with zero attached hydrogens (tertiary/aromatic N) is 2. The Hall–Kier alpha value is -3.12. The molecule has 0 spiro atoms. The lowest BCUT2D eigenvalue weighted by molar-refractivity contribution is -0.139. The largest absolute Gasteiger partial charge is 0.507 e. The molecule has 1 amide bonds. The summed E-state index contributed by atoms with van der Waals surface area (Å²) in [5.74, 6) is -0.701. The molecule has 2 aromatic rings. The van der Waals surface area contributed by atoms with Crippen LogP contribution in [-0.2, 0) is 9.59 Å². The van der Waals surface area contributed by atoms with E-state index in [1.165, 1.54) is 0 Å². The summed E-state index contributed by atoms with van der Waals surface area (Å²) in [5, 5.41) is 11.1. The van der Waals surface area contributed by atoms with Gasteiger partial charge in [0.25, 0.3) is 11.7 Å². The van der Waals surface area contributed by atoms with Crippen molar-refractivity contribution in [3.05, 3.63) is 70.8 Å². The number of benzene rings is 2. The number of ketones is 1. The molecule has 0 aliphatic carbocycles. The van der Waals surface area contributed by atoms with E-state index in [1.807, 2.05) is 56.3 Å². The van der Waals surface area contributed by atoms with Crippen molar-refractivity contribution in [1.29, 1.82) is 0 Å². The van der Waals surface area contributed by atoms with Gasteiger partial charge in [-0.25, -0.2) is 0 Å². The smallest absolute Gasteiger partial charge is 0.295 e. The second-order valence-corrected chi connectivity index (χ2v) is 7.74. The van der Waals surface area contributed by atoms with Gasteiger partial charge >= 0.3 is 0 Å². The third kappa shape index (κ3) is 4.24. The van der Waals surface area contributed by atoms with Gasteiger partial charge in [0.05, 0.1) is 18.7 Å². The average Bonchev–Trinajstić information content (AvgIpc) is 2.98. The Bertz CT molecular complexity index is 966. The number of aliphatic hydroxyl groups excluding tert-OH is 1. The molecule has 6 nitrogen and oxygen atoms in total. The number of methoxy groups -OCH3 is 1. The Morgan fingerprint density at radius 2 is 1.83 bits per heavy atom. The molecule has 1 heterocycles. The standard InChI is InChI=1S/C24H28N2O4/c1-16-15-18(11-12-19(16)30-4)22(27)20-21(17-9-6-5-7-10-17)26(24(29)23(20)28)14-8-13-25(2)3/h5-7,9-12,15,21,27H,8,13-14H2,1-4H3/t21-/m0/s1. The van der Waals surface area contributed by atoms with Crippen LogP contribution >= 0.6 is 0 Å². The normalized spacial score (nSPS) is 18.3. The highest BCUT2D eigenvalue weighted by Gasteiger charge is 2.45. The minimum absolute atomic E-state index is 0.126. The summed E-state index contributed by atoms with van der Waals surface area (Å²) < 4.78 is 5.28. The van der Waals surface area contributed by atoms with E-state index in [0.29, 0.717) is 17.9 Å². The first-order valence-electron chi connectivity index (χ1n) is 9.98. The van der Waals surface area contributed by atoms with Crippen molar-refractivity contribution in [1.82, 2.24) is 9.80 Å². The SMILES string of the molecule is COc1ccc(C(O)=C2C(=O)C(=O)N(CCCN(C)C)[C@H]2c2ccccc2)cc1C. The number of Topliss-reactive ketones (excluding diaryl/α,β-unsaturated/α-hetero) is 1. The van der Waals surface area contributed by atoms with Crippen molar-refractivity contribution in [3.63, 3.8) is 0 Å². The summed E-state index contributed by atoms with van der Waals surface area (Å²) in [6.07, 6.45) is 0.727. The van der Waals surface area contributed by atoms with Crippen molar-refractivity contribution in [3.8, 4) is 5.75 Å². The molecule has 0 aromatic heterocycles. The van der Waals surface area contributed by atoms with Crippen LogP contribution in [0.3, 0.4) is 0 Å². The Labute approximate surface area is 177 Å². The highest BCUT2D eigenvalue weighted by molar-refractivity contribution is 6.46. The molecule has 0 saturated carbocycles. The number of carbonyl (C=O) groups is 2. The zero-order chi connectivity index (χ0) is 21.8. The van der Waals surface area contributed by atoms with Gasteiger partial charge in [0, 0.05) is 12.1 Å². The Balaban J connectivity index is 2.08. The van der Waals surface area contributed by atoms with E-state index >= 15 is 0 Å². The molecule has 1 N–H and O–H groups in total. The van der Waals surface area contributed by atoms with Crippen molar-refractivity contribution >= 4 is 17.4 Å². The number of aliphatic hydroxyl groups is 1. The molecule has 1 aliphatic rings. The van der Waals surface area contributed by atoms with Crippen molar-refractivity contribution in [2.24, 2.45) is 0 Å². The molecular weight excluding hydrogens is 380 g/mol. The van der Waals surface area contributed by atoms with Gasteiger partial charge in [-0.05, 0) is 63.3 Å². The summed E-state index contributed by atoms with van der Waals surface area (Å²) in [4.78, 5) is 29.5. The summed E-state index contributed by atoms with van der Waals surface area (Å²) in [5.41, 5.74) is 2.24. The summed E-state index contributed by atoms with van der Waals surface area (Å²) in [6.45, 7) is 3.09. The Morgan fingerprint density at radius 3 is 2.43 bits per heavy atom. The topological polar surface area (TPSA) is 70.1 Å². The molecule has 1 saturated heterocycles. The zero-order valence-electron chi connectivity index (χ0n) is 17.9. The predicted octanol–water partition coefficient (Wildman–Crippen LogP) is 3.38. The van der Waals surface area contributed by atoms with E-state index in [0.717, 1.165) is 24.1 Å². The van der Waals surface area contributed by atoms with Crippen LogP contribution in [0.2, 0.25) is 0 Å². The van der Waals surface area contributed by atoms with Crippen molar-refractivity contribution < 1.29 is 19.4 Å². The predicted molar refractivity (Wildman–Crippen MR) is 116 cm³/mol. The van der Waals surface area contributed by atoms with Crippen LogP contribution in [0.5, 0.6) is 5.75 Å². The summed E-state index contributed by atoms with van der Waals surface area (Å²) in [7, 11) is 5.51. The number of aryl methyl sites for hydroxylation is 1. The second-order valence-electron chi connectivity index (χ2n) is 7.74. The fourth-order valence-corrected chi connectivity index (χ4v) is 3.83. The number of amides is 1. The third-order valence-corrected chi connectivity index (χ3v) is 5.33. The van der Waals surface area contributed by atoms with Crippen LogP contribution in [0.25, 0.3) is 5.76 Å². The van der Waals surface area contributed by atoms with Gasteiger partial charge in [0.2, 0.25) is 0 Å². The molecule has 1 fully saturated rings. The molecule has 2 aromatic carbocycles. The molecule has 0 bridgehead atoms. The van der Waals surface area contributed by atoms with Crippen LogP contribution in [-0.4, -0.2) is 60.9 Å². The quantitative estimate of drug-likeness (QED) is 0.432. The summed E-state index contributed by atoms with van der Waals surface area (Å²) >= 11 is 0. The van der Waals surface area contributed by atoms with E-state index in [9.17, 15) is 14.7 Å². The number of carbonyl (C=O) groups excluding carboxylic acids is 2. The fraction of sp³-hybridized carbons (Fsp3) is 0.333.